The van der Waals surface area contributed by atoms with Crippen LogP contribution in [-0.4, -0.2) is 50.6 Å². The molecular formula is C19H17F5N6O. The molecule has 4 heterocycles. The molecule has 3 aromatic rings. The number of nitrogens with zero attached hydrogens (tertiary/aromatic N) is 4. The zero-order valence-corrected chi connectivity index (χ0v) is 16.2. The molecule has 0 saturated carbocycles. The fraction of sp³-hybridized carbons (Fsp3) is 0.368. The Kier molecular flexibility index (Phi) is 5.23. The first kappa shape index (κ1) is 20.9. The number of rotatable bonds is 4. The fourth-order valence-electron chi connectivity index (χ4n) is 3.74. The summed E-state index contributed by atoms with van der Waals surface area (Å²) in [5, 5.41) is 2.23. The number of pyridine rings is 1. The zero-order valence-electron chi connectivity index (χ0n) is 16.2. The molecule has 4 rings (SSSR count). The predicted octanol–water partition coefficient (Wildman–Crippen LogP) is 3.33. The van der Waals surface area contributed by atoms with Gasteiger partial charge in [0.1, 0.15) is 24.1 Å². The van der Waals surface area contributed by atoms with Gasteiger partial charge in [-0.15, -0.1) is 0 Å². The molecule has 1 aliphatic heterocycles. The number of aromatic amines is 1. The number of fused-ring (bicyclic) bond motifs is 1. The SMILES string of the molecule is C[C@H]1CC[C@H](C(=O)NCC(F)(F)F)N1c1nc(-c2c[nH]c3ncc(F)cc23)ncc1F. The van der Waals surface area contributed by atoms with Crippen LogP contribution in [0, 0.1) is 11.6 Å². The zero-order chi connectivity index (χ0) is 22.3. The minimum Gasteiger partial charge on any atom is -0.345 e. The normalized spacial score (nSPS) is 19.2. The van der Waals surface area contributed by atoms with Crippen LogP contribution in [0.25, 0.3) is 22.4 Å². The number of carbonyl (C=O) groups excluding carboxylic acids is 1. The van der Waals surface area contributed by atoms with Crippen LogP contribution in [0.1, 0.15) is 19.8 Å². The van der Waals surface area contributed by atoms with E-state index in [9.17, 15) is 26.7 Å². The van der Waals surface area contributed by atoms with E-state index in [1.807, 2.05) is 5.32 Å². The molecule has 2 N–H and O–H groups in total. The van der Waals surface area contributed by atoms with E-state index in [0.717, 1.165) is 12.4 Å². The third kappa shape index (κ3) is 4.14. The summed E-state index contributed by atoms with van der Waals surface area (Å²) in [6.07, 6.45) is -0.405. The number of hydrogen-bond acceptors (Lipinski definition) is 5. The summed E-state index contributed by atoms with van der Waals surface area (Å²) in [6, 6.07) is -0.135. The number of alkyl halides is 3. The summed E-state index contributed by atoms with van der Waals surface area (Å²) in [6.45, 7) is 0.249. The van der Waals surface area contributed by atoms with E-state index in [2.05, 4.69) is 19.9 Å². The third-order valence-corrected chi connectivity index (χ3v) is 5.14. The van der Waals surface area contributed by atoms with Crippen LogP contribution in [0.15, 0.2) is 24.7 Å². The van der Waals surface area contributed by atoms with Gasteiger partial charge in [-0.2, -0.15) is 13.2 Å². The third-order valence-electron chi connectivity index (χ3n) is 5.14. The molecule has 3 aromatic heterocycles. The molecule has 1 fully saturated rings. The van der Waals surface area contributed by atoms with Crippen LogP contribution in [0.5, 0.6) is 0 Å². The van der Waals surface area contributed by atoms with Crippen molar-refractivity contribution in [3.63, 3.8) is 0 Å². The molecule has 164 valence electrons. The van der Waals surface area contributed by atoms with Crippen LogP contribution in [0.2, 0.25) is 0 Å². The van der Waals surface area contributed by atoms with Crippen LogP contribution in [-0.2, 0) is 4.79 Å². The lowest BCUT2D eigenvalue weighted by Gasteiger charge is -2.29. The van der Waals surface area contributed by atoms with Crippen molar-refractivity contribution in [2.45, 2.75) is 38.0 Å². The molecule has 0 radical (unpaired) electrons. The summed E-state index contributed by atoms with van der Waals surface area (Å²) in [5.74, 6) is -2.41. The Morgan fingerprint density at radius 2 is 2.03 bits per heavy atom. The second-order valence-electron chi connectivity index (χ2n) is 7.30. The van der Waals surface area contributed by atoms with E-state index in [-0.39, 0.29) is 24.1 Å². The first-order valence-electron chi connectivity index (χ1n) is 9.42. The van der Waals surface area contributed by atoms with E-state index < -0.39 is 36.3 Å². The van der Waals surface area contributed by atoms with Gasteiger partial charge in [-0.05, 0) is 25.8 Å². The lowest BCUT2D eigenvalue weighted by molar-refractivity contribution is -0.139. The Labute approximate surface area is 172 Å². The molecule has 2 atom stereocenters. The molecule has 0 spiro atoms. The van der Waals surface area contributed by atoms with Gasteiger partial charge in [0, 0.05) is 23.2 Å². The summed E-state index contributed by atoms with van der Waals surface area (Å²) >= 11 is 0. The molecule has 31 heavy (non-hydrogen) atoms. The largest absolute Gasteiger partial charge is 0.405 e. The molecule has 0 bridgehead atoms. The number of hydrogen-bond donors (Lipinski definition) is 2. The van der Waals surface area contributed by atoms with E-state index in [1.165, 1.54) is 17.2 Å². The number of H-pyrrole nitrogens is 1. The van der Waals surface area contributed by atoms with E-state index in [0.29, 0.717) is 23.0 Å². The van der Waals surface area contributed by atoms with Gasteiger partial charge in [-0.1, -0.05) is 0 Å². The standard InChI is InChI=1S/C19H17F5N6O/c1-9-2-3-14(18(31)28-8-19(22,23)24)30(9)17-13(21)7-27-16(29-17)12-6-26-15-11(12)4-10(20)5-25-15/h4-7,9,14H,2-3,8H2,1H3,(H,25,26)(H,28,31)/t9-,14+/m0/s1. The minimum atomic E-state index is -4.56. The Bertz CT molecular complexity index is 1130. The van der Waals surface area contributed by atoms with Gasteiger partial charge in [0.15, 0.2) is 17.5 Å². The van der Waals surface area contributed by atoms with E-state index >= 15 is 0 Å². The number of nitrogens with one attached hydrogen (secondary N) is 2. The first-order valence-corrected chi connectivity index (χ1v) is 9.42. The lowest BCUT2D eigenvalue weighted by atomic mass is 10.2. The lowest BCUT2D eigenvalue weighted by Crippen LogP contribution is -2.48. The van der Waals surface area contributed by atoms with Gasteiger partial charge >= 0.3 is 6.18 Å². The van der Waals surface area contributed by atoms with Crippen LogP contribution < -0.4 is 10.2 Å². The highest BCUT2D eigenvalue weighted by molar-refractivity contribution is 5.92. The Hall–Kier alpha value is -3.31. The van der Waals surface area contributed by atoms with Crippen molar-refractivity contribution in [2.24, 2.45) is 0 Å². The van der Waals surface area contributed by atoms with Crippen molar-refractivity contribution in [3.05, 3.63) is 36.3 Å². The van der Waals surface area contributed by atoms with Gasteiger partial charge in [0.05, 0.1) is 12.4 Å². The van der Waals surface area contributed by atoms with Crippen molar-refractivity contribution < 1.29 is 26.7 Å². The molecule has 0 aliphatic carbocycles. The van der Waals surface area contributed by atoms with Crippen LogP contribution in [0.3, 0.4) is 0 Å². The second kappa shape index (κ2) is 7.75. The number of amides is 1. The maximum absolute atomic E-state index is 14.7. The summed E-state index contributed by atoms with van der Waals surface area (Å²) in [4.78, 5) is 28.7. The highest BCUT2D eigenvalue weighted by Gasteiger charge is 2.39. The highest BCUT2D eigenvalue weighted by Crippen LogP contribution is 2.33. The molecule has 12 heteroatoms. The number of carbonyl (C=O) groups is 1. The first-order chi connectivity index (χ1) is 14.6. The average Bonchev–Trinajstić information content (AvgIpc) is 3.29. The van der Waals surface area contributed by atoms with E-state index in [4.69, 9.17) is 0 Å². The molecule has 0 aromatic carbocycles. The summed E-state index contributed by atoms with van der Waals surface area (Å²) in [7, 11) is 0. The fourth-order valence-corrected chi connectivity index (χ4v) is 3.74. The predicted molar refractivity (Wildman–Crippen MR) is 101 cm³/mol. The van der Waals surface area contributed by atoms with Gasteiger partial charge in [-0.3, -0.25) is 4.79 Å². The Morgan fingerprint density at radius 3 is 2.77 bits per heavy atom. The molecule has 0 unspecified atom stereocenters. The van der Waals surface area contributed by atoms with Crippen molar-refractivity contribution in [1.82, 2.24) is 25.3 Å². The molecule has 1 saturated heterocycles. The van der Waals surface area contributed by atoms with Crippen molar-refractivity contribution in [2.75, 3.05) is 11.4 Å². The van der Waals surface area contributed by atoms with Crippen LogP contribution in [0.4, 0.5) is 27.8 Å². The van der Waals surface area contributed by atoms with Gasteiger partial charge in [0.25, 0.3) is 0 Å². The van der Waals surface area contributed by atoms with Crippen LogP contribution >= 0.6 is 0 Å². The van der Waals surface area contributed by atoms with Crippen molar-refractivity contribution in [1.29, 1.82) is 0 Å². The summed E-state index contributed by atoms with van der Waals surface area (Å²) in [5.41, 5.74) is 0.748. The summed E-state index contributed by atoms with van der Waals surface area (Å²) < 4.78 is 65.8. The van der Waals surface area contributed by atoms with E-state index in [1.54, 1.807) is 6.92 Å². The molecule has 1 aliphatic rings. The number of anilines is 1. The molecule has 1 amide bonds. The maximum Gasteiger partial charge on any atom is 0.405 e. The van der Waals surface area contributed by atoms with Gasteiger partial charge in [0.2, 0.25) is 5.91 Å². The monoisotopic (exact) mass is 440 g/mol. The Balaban J connectivity index is 1.69. The van der Waals surface area contributed by atoms with Gasteiger partial charge < -0.3 is 15.2 Å². The average molecular weight is 440 g/mol. The maximum atomic E-state index is 14.7. The van der Waals surface area contributed by atoms with Crippen molar-refractivity contribution >= 4 is 22.8 Å². The smallest absolute Gasteiger partial charge is 0.345 e. The van der Waals surface area contributed by atoms with Gasteiger partial charge in [-0.25, -0.2) is 23.7 Å². The number of halogens is 5. The molecular weight excluding hydrogens is 423 g/mol. The Morgan fingerprint density at radius 1 is 1.26 bits per heavy atom. The number of aromatic nitrogens is 4. The minimum absolute atomic E-state index is 0.0589. The molecule has 7 nitrogen and oxygen atoms in total. The highest BCUT2D eigenvalue weighted by atomic mass is 19.4. The van der Waals surface area contributed by atoms with Crippen molar-refractivity contribution in [3.8, 4) is 11.4 Å². The second-order valence-corrected chi connectivity index (χ2v) is 7.30. The topological polar surface area (TPSA) is 86.8 Å². The quantitative estimate of drug-likeness (QED) is 0.608.